The fraction of sp³-hybridized carbons (Fsp3) is 0. The number of fused-ring (bicyclic) bond motifs is 9. The standard InChI is InChI=1S/C50H29N5/c1-52-48-35(32-27-29-34(30-28-32)53-42-21-6-4-16-38(42)40-19-10-13-33(31-51)49(40)53)18-11-25-46(48)55-45-24-9-5-17-39(45)41-20-12-26-47(50(41)55)54-43-22-7-2-14-36(43)37-15-3-8-23-44(37)54/h2-30H. The van der Waals surface area contributed by atoms with Gasteiger partial charge in [0, 0.05) is 38.0 Å². The molecule has 8 aromatic carbocycles. The van der Waals surface area contributed by atoms with Gasteiger partial charge in [-0.3, -0.25) is 0 Å². The molecule has 11 aromatic rings. The van der Waals surface area contributed by atoms with Crippen molar-refractivity contribution in [3.05, 3.63) is 193 Å². The number of hydrogen-bond donors (Lipinski definition) is 0. The molecule has 0 amide bonds. The van der Waals surface area contributed by atoms with Crippen molar-refractivity contribution in [2.75, 3.05) is 0 Å². The summed E-state index contributed by atoms with van der Waals surface area (Å²) in [7, 11) is 0. The molecule has 11 rings (SSSR count). The van der Waals surface area contributed by atoms with Crippen molar-refractivity contribution in [1.82, 2.24) is 13.7 Å². The highest BCUT2D eigenvalue weighted by molar-refractivity contribution is 6.16. The Morgan fingerprint density at radius 1 is 0.418 bits per heavy atom. The second kappa shape index (κ2) is 11.8. The van der Waals surface area contributed by atoms with E-state index in [2.05, 4.69) is 170 Å². The van der Waals surface area contributed by atoms with Crippen molar-refractivity contribution in [1.29, 1.82) is 5.26 Å². The highest BCUT2D eigenvalue weighted by Gasteiger charge is 2.22. The molecule has 0 atom stereocenters. The summed E-state index contributed by atoms with van der Waals surface area (Å²) in [6, 6.07) is 63.3. The van der Waals surface area contributed by atoms with Gasteiger partial charge in [0.1, 0.15) is 6.07 Å². The smallest absolute Gasteiger partial charge is 0.218 e. The Balaban J connectivity index is 1.14. The molecule has 0 aliphatic carbocycles. The highest BCUT2D eigenvalue weighted by Crippen LogP contribution is 2.44. The van der Waals surface area contributed by atoms with Gasteiger partial charge in [0.25, 0.3) is 0 Å². The predicted octanol–water partition coefficient (Wildman–Crippen LogP) is 13.1. The molecule has 254 valence electrons. The first-order valence-electron chi connectivity index (χ1n) is 18.3. The molecule has 0 aliphatic rings. The van der Waals surface area contributed by atoms with Crippen LogP contribution in [0.3, 0.4) is 0 Å². The van der Waals surface area contributed by atoms with Crippen LogP contribution in [0.4, 0.5) is 5.69 Å². The second-order valence-electron chi connectivity index (χ2n) is 13.9. The first-order valence-corrected chi connectivity index (χ1v) is 18.3. The molecule has 0 fully saturated rings. The maximum atomic E-state index is 10.1. The average molecular weight is 700 g/mol. The SMILES string of the molecule is [C-]#[N+]c1c(-c2ccc(-n3c4ccccc4c4cccc(C#N)c43)cc2)cccc1-n1c2ccccc2c2cccc(-n3c4ccccc4c4ccccc43)c21. The molecule has 0 bridgehead atoms. The van der Waals surface area contributed by atoms with Crippen LogP contribution >= 0.6 is 0 Å². The summed E-state index contributed by atoms with van der Waals surface area (Å²) in [6.45, 7) is 8.66. The van der Waals surface area contributed by atoms with E-state index in [1.54, 1.807) is 0 Å². The number of nitriles is 1. The van der Waals surface area contributed by atoms with E-state index in [4.69, 9.17) is 6.57 Å². The van der Waals surface area contributed by atoms with Crippen LogP contribution in [0.15, 0.2) is 176 Å². The Morgan fingerprint density at radius 3 is 1.49 bits per heavy atom. The summed E-state index contributed by atoms with van der Waals surface area (Å²) in [5.74, 6) is 0. The van der Waals surface area contributed by atoms with Crippen molar-refractivity contribution in [2.45, 2.75) is 0 Å². The average Bonchev–Trinajstić information content (AvgIpc) is 3.89. The number of hydrogen-bond acceptors (Lipinski definition) is 1. The molecule has 0 saturated heterocycles. The van der Waals surface area contributed by atoms with E-state index < -0.39 is 0 Å². The molecular formula is C50H29N5. The zero-order chi connectivity index (χ0) is 36.6. The molecule has 0 N–H and O–H groups in total. The minimum Gasteiger partial charge on any atom is -0.317 e. The zero-order valence-electron chi connectivity index (χ0n) is 29.5. The lowest BCUT2D eigenvalue weighted by atomic mass is 10.0. The van der Waals surface area contributed by atoms with E-state index in [9.17, 15) is 5.26 Å². The van der Waals surface area contributed by atoms with E-state index >= 15 is 0 Å². The molecule has 0 spiro atoms. The topological polar surface area (TPSA) is 42.9 Å². The van der Waals surface area contributed by atoms with Gasteiger partial charge < -0.3 is 13.7 Å². The molecular weight excluding hydrogens is 671 g/mol. The van der Waals surface area contributed by atoms with Crippen molar-refractivity contribution in [2.24, 2.45) is 0 Å². The summed E-state index contributed by atoms with van der Waals surface area (Å²) < 4.78 is 6.83. The minimum atomic E-state index is 0.582. The normalized spacial score (nSPS) is 11.6. The van der Waals surface area contributed by atoms with Crippen LogP contribution in [0.25, 0.3) is 98.5 Å². The molecule has 0 aliphatic heterocycles. The van der Waals surface area contributed by atoms with Crippen LogP contribution in [0, 0.1) is 17.9 Å². The predicted molar refractivity (Wildman–Crippen MR) is 226 cm³/mol. The van der Waals surface area contributed by atoms with Crippen LogP contribution in [0.5, 0.6) is 0 Å². The molecule has 5 heteroatoms. The van der Waals surface area contributed by atoms with Crippen LogP contribution in [-0.2, 0) is 0 Å². The van der Waals surface area contributed by atoms with Crippen molar-refractivity contribution >= 4 is 71.1 Å². The van der Waals surface area contributed by atoms with Gasteiger partial charge in [-0.25, -0.2) is 4.85 Å². The monoisotopic (exact) mass is 699 g/mol. The maximum Gasteiger partial charge on any atom is 0.218 e. The summed E-state index contributed by atoms with van der Waals surface area (Å²) >= 11 is 0. The van der Waals surface area contributed by atoms with Gasteiger partial charge in [-0.2, -0.15) is 5.26 Å². The number of nitrogens with zero attached hydrogens (tertiary/aromatic N) is 5. The quantitative estimate of drug-likeness (QED) is 0.169. The van der Waals surface area contributed by atoms with Gasteiger partial charge in [-0.1, -0.05) is 121 Å². The number of rotatable bonds is 4. The van der Waals surface area contributed by atoms with E-state index in [-0.39, 0.29) is 0 Å². The number of benzene rings is 8. The first kappa shape index (κ1) is 30.7. The number of para-hydroxylation sites is 7. The summed E-state index contributed by atoms with van der Waals surface area (Å²) in [5.41, 5.74) is 12.2. The summed E-state index contributed by atoms with van der Waals surface area (Å²) in [4.78, 5) is 4.27. The van der Waals surface area contributed by atoms with Crippen LogP contribution in [-0.4, -0.2) is 13.7 Å². The molecule has 0 saturated carbocycles. The van der Waals surface area contributed by atoms with Gasteiger partial charge in [0.05, 0.1) is 56.6 Å². The molecule has 3 aromatic heterocycles. The van der Waals surface area contributed by atoms with Crippen LogP contribution in [0.2, 0.25) is 0 Å². The molecule has 5 nitrogen and oxygen atoms in total. The Labute approximate surface area is 316 Å². The largest absolute Gasteiger partial charge is 0.317 e. The van der Waals surface area contributed by atoms with Gasteiger partial charge in [-0.05, 0) is 65.7 Å². The second-order valence-corrected chi connectivity index (χ2v) is 13.9. The third-order valence-electron chi connectivity index (χ3n) is 11.1. The lowest BCUT2D eigenvalue weighted by molar-refractivity contribution is 1.13. The van der Waals surface area contributed by atoms with Crippen molar-refractivity contribution in [3.63, 3.8) is 0 Å². The van der Waals surface area contributed by atoms with E-state index in [1.165, 1.54) is 10.8 Å². The number of aromatic nitrogens is 3. The summed E-state index contributed by atoms with van der Waals surface area (Å²) in [5, 5.41) is 16.9. The Kier molecular flexibility index (Phi) is 6.61. The van der Waals surface area contributed by atoms with Gasteiger partial charge in [-0.15, -0.1) is 0 Å². The van der Waals surface area contributed by atoms with Crippen LogP contribution < -0.4 is 0 Å². The Bertz CT molecular complexity index is 3400. The van der Waals surface area contributed by atoms with E-state index in [0.717, 1.165) is 82.8 Å². The van der Waals surface area contributed by atoms with Gasteiger partial charge in [0.15, 0.2) is 0 Å². The fourth-order valence-electron chi connectivity index (χ4n) is 8.84. The fourth-order valence-corrected chi connectivity index (χ4v) is 8.84. The van der Waals surface area contributed by atoms with Crippen molar-refractivity contribution < 1.29 is 0 Å². The van der Waals surface area contributed by atoms with Gasteiger partial charge >= 0.3 is 0 Å². The molecule has 0 radical (unpaired) electrons. The van der Waals surface area contributed by atoms with E-state index in [1.807, 2.05) is 30.3 Å². The highest BCUT2D eigenvalue weighted by atomic mass is 15.1. The van der Waals surface area contributed by atoms with E-state index in [0.29, 0.717) is 11.3 Å². The summed E-state index contributed by atoms with van der Waals surface area (Å²) in [6.07, 6.45) is 0. The first-order chi connectivity index (χ1) is 27.2. The van der Waals surface area contributed by atoms with Gasteiger partial charge in [0.2, 0.25) is 5.69 Å². The third-order valence-corrected chi connectivity index (χ3v) is 11.1. The Hall–Kier alpha value is -7.86. The molecule has 0 unspecified atom stereocenters. The van der Waals surface area contributed by atoms with Crippen LogP contribution in [0.1, 0.15) is 5.56 Å². The zero-order valence-corrected chi connectivity index (χ0v) is 29.5. The lowest BCUT2D eigenvalue weighted by Crippen LogP contribution is -2.01. The third kappa shape index (κ3) is 4.33. The molecule has 55 heavy (non-hydrogen) atoms. The maximum absolute atomic E-state index is 10.1. The minimum absolute atomic E-state index is 0.582. The molecule has 3 heterocycles. The lowest BCUT2D eigenvalue weighted by Gasteiger charge is -2.17. The van der Waals surface area contributed by atoms with Crippen molar-refractivity contribution in [3.8, 4) is 34.3 Å². The Morgan fingerprint density at radius 2 is 0.891 bits per heavy atom.